The number of carboxylic acids is 1. The van der Waals surface area contributed by atoms with E-state index in [0.29, 0.717) is 126 Å². The van der Waals surface area contributed by atoms with E-state index in [-0.39, 0.29) is 44.4 Å². The summed E-state index contributed by atoms with van der Waals surface area (Å²) in [6.45, 7) is 6.59. The van der Waals surface area contributed by atoms with E-state index < -0.39 is 29.8 Å². The third-order valence-corrected chi connectivity index (χ3v) is 43.6. The van der Waals surface area contributed by atoms with Crippen LogP contribution in [0.4, 0.5) is 0 Å². The van der Waals surface area contributed by atoms with Crippen molar-refractivity contribution in [3.63, 3.8) is 0 Å². The molecule has 798 valence electrons. The lowest BCUT2D eigenvalue weighted by atomic mass is 10.1. The summed E-state index contributed by atoms with van der Waals surface area (Å²) in [5.74, 6) is 0.0722. The maximum atomic E-state index is 13.0. The molecule has 2 N–H and O–H groups in total. The molecule has 144 heavy (non-hydrogen) atoms. The van der Waals surface area contributed by atoms with Crippen molar-refractivity contribution in [3.05, 3.63) is 231 Å². The number of halogens is 7. The van der Waals surface area contributed by atoms with E-state index in [1.165, 1.54) is 200 Å². The predicted octanol–water partition coefficient (Wildman–Crippen LogP) is 17.5. The number of carbonyl (C=O) groups excluding carboxylic acids is 6. The van der Waals surface area contributed by atoms with Gasteiger partial charge < -0.3 is 100 Å². The number of alkyl halides is 1. The second-order valence-electron chi connectivity index (χ2n) is 24.5. The van der Waals surface area contributed by atoms with Crippen LogP contribution in [0, 0.1) is 13.8 Å². The van der Waals surface area contributed by atoms with Crippen molar-refractivity contribution in [2.45, 2.75) is 58.7 Å². The molecule has 1 heterocycles. The standard InChI is InChI=1S/C19H20BrNO4.C12H15BrO5.C11H13BrO5.C10H10Br2O3.C10H11BrO4.C10H11BrO3.C10H12O3.S7.S6.S5.S4.S3.S2/c1-23-12-25-11-15-7-18(24-2)16(8-17(15)20)19(22)21-9-13-5-3-4-6-14(13)10-21;1-15-7-18-6-8-4-11(16-2)9(5-10(8)13)12(14)17-3;1-15-6-17-5-7-3-10(16-2)8(11(13)14)4-9(7)12;1-14-9-3-6(5-11)8(12)4-7(9)10(13)15-2;1-14-9-3-6(5-12)8(11)4-7(9)10(13)15-2;1-6-4-9(13-2)7(5-8(6)11)10(12)14-3;1-7-4-5-8(10(11)13-3)9(6-7)12-2;1-3-5-7-6-4-2;1-3-5-6-4-2;1-3-5-4-2;1-3-4-2;1-3-2;1-2/h3-8H,9-12H2,1-2H3;4-5H,6-7H2,1-3H3;3-4H,5-6H2,1-2H3,(H,13,14);3-4H,5H2,1-2H3;3-4,12H,5H2,1-2H3;4-5H,1-3H3;4-6H,1-3H3;;;;;;. The fourth-order valence-corrected chi connectivity index (χ4v) is 30.1. The van der Waals surface area contributed by atoms with Crippen LogP contribution in [0.1, 0.15) is 123 Å². The van der Waals surface area contributed by atoms with Gasteiger partial charge in [-0.3, -0.25) is 4.79 Å². The molecule has 8 aromatic carbocycles. The lowest BCUT2D eigenvalue weighted by Gasteiger charge is -2.19. The minimum atomic E-state index is -1.04. The Morgan fingerprint density at radius 3 is 0.903 bits per heavy atom. The fraction of sp³-hybridized carbons (Fsp3) is 0.329. The lowest BCUT2D eigenvalue weighted by molar-refractivity contribution is -0.0393. The number of aliphatic hydroxyl groups excluding tert-OH is 1. The Hall–Kier alpha value is -2.33. The molecule has 0 unspecified atom stereocenters. The number of nitrogens with zero attached hydrogens (tertiary/aromatic N) is 1. The molecule has 9 rings (SSSR count). The summed E-state index contributed by atoms with van der Waals surface area (Å²) in [7, 11) is 42.0. The molecule has 0 saturated heterocycles. The van der Waals surface area contributed by atoms with Crippen molar-refractivity contribution in [2.75, 3.05) is 127 Å². The van der Waals surface area contributed by atoms with Gasteiger partial charge in [0.1, 0.15) is 94.0 Å². The molecule has 0 bridgehead atoms. The fourth-order valence-electron chi connectivity index (χ4n) is 10.1. The number of amides is 1. The first-order chi connectivity index (χ1) is 69.0. The average Bonchev–Trinajstić information content (AvgIpc) is 1.84. The molecule has 0 atom stereocenters. The molecule has 0 spiro atoms. The molecule has 0 fully saturated rings. The largest absolute Gasteiger partial charge is 0.496 e. The van der Waals surface area contributed by atoms with Crippen LogP contribution < -0.4 is 33.2 Å². The zero-order chi connectivity index (χ0) is 110. The monoisotopic (exact) mass is 2940 g/mol. The highest BCUT2D eigenvalue weighted by molar-refractivity contribution is 9.11. The maximum absolute atomic E-state index is 13.0. The Morgan fingerprint density at radius 1 is 0.333 bits per heavy atom. The number of carbonyl (C=O) groups is 7. The van der Waals surface area contributed by atoms with E-state index in [1.54, 1.807) is 121 Å². The second-order valence-corrected chi connectivity index (χ2v) is 56.7. The van der Waals surface area contributed by atoms with Crippen molar-refractivity contribution < 1.29 is 129 Å². The molecule has 1 aliphatic rings. The number of ether oxygens (including phenoxy) is 18. The molecular weight excluding hydrogens is 2860 g/mol. The van der Waals surface area contributed by atoms with Gasteiger partial charge in [0.2, 0.25) is 0 Å². The van der Waals surface area contributed by atoms with Crippen LogP contribution in [0.15, 0.2) is 142 Å². The second kappa shape index (κ2) is 94.2. The Balaban J connectivity index is -0.000000766. The number of hydrogen-bond acceptors (Lipinski definition) is 38. The number of aliphatic hydroxyl groups is 1. The van der Waals surface area contributed by atoms with E-state index in [2.05, 4.69) is 282 Å². The van der Waals surface area contributed by atoms with Gasteiger partial charge in [-0.2, -0.15) is 0 Å². The molecule has 0 radical (unpaired) electrons. The summed E-state index contributed by atoms with van der Waals surface area (Å²) in [6.07, 6.45) is 0. The van der Waals surface area contributed by atoms with E-state index in [1.807, 2.05) is 43.0 Å². The van der Waals surface area contributed by atoms with Gasteiger partial charge in [-0.05, 0) is 149 Å². The first kappa shape index (κ1) is 148. The number of methoxy groups -OCH3 is 15. The van der Waals surface area contributed by atoms with Crippen LogP contribution in [-0.2, 0) is 364 Å². The molecule has 1 aliphatic heterocycles. The molecule has 28 nitrogen and oxygen atoms in total. The average molecular weight is 2950 g/mol. The van der Waals surface area contributed by atoms with Gasteiger partial charge in [0.15, 0.2) is 0 Å². The number of hydrogen-bond donors (Lipinski definition) is 2. The number of benzene rings is 8. The third-order valence-electron chi connectivity index (χ3n) is 16.3. The zero-order valence-corrected chi connectivity index (χ0v) is 111. The van der Waals surface area contributed by atoms with Crippen molar-refractivity contribution in [1.29, 1.82) is 0 Å². The molecule has 62 heteroatoms. The Bertz CT molecular complexity index is 6020. The number of aromatic carboxylic acids is 1. The molecule has 0 saturated carbocycles. The van der Waals surface area contributed by atoms with Crippen molar-refractivity contribution in [2.24, 2.45) is 0 Å². The minimum Gasteiger partial charge on any atom is -0.496 e. The first-order valence-electron chi connectivity index (χ1n) is 37.6. The van der Waals surface area contributed by atoms with Gasteiger partial charge in [0.05, 0.1) is 117 Å². The first-order valence-corrected chi connectivity index (χ1v) is 71.5. The van der Waals surface area contributed by atoms with Crippen LogP contribution in [0.25, 0.3) is 0 Å². The van der Waals surface area contributed by atoms with E-state index >= 15 is 0 Å². The van der Waals surface area contributed by atoms with Gasteiger partial charge in [-0.25, -0.2) is 28.8 Å². The van der Waals surface area contributed by atoms with Gasteiger partial charge in [0.25, 0.3) is 5.91 Å². The highest BCUT2D eigenvalue weighted by Gasteiger charge is 2.28. The predicted molar refractivity (Wildman–Crippen MR) is 658 cm³/mol. The number of esters is 5. The van der Waals surface area contributed by atoms with Crippen LogP contribution in [0.5, 0.6) is 40.2 Å². The Morgan fingerprint density at radius 2 is 0.604 bits per heavy atom. The normalized spacial score (nSPS) is 9.60. The molecular formula is C82H92Br7NO27S27. The van der Waals surface area contributed by atoms with Crippen molar-refractivity contribution in [3.8, 4) is 40.2 Å². The Labute approximate surface area is 997 Å². The Kier molecular flexibility index (Phi) is 96.8. The van der Waals surface area contributed by atoms with Crippen LogP contribution >= 0.6 is 112 Å². The van der Waals surface area contributed by atoms with E-state index in [9.17, 15) is 33.6 Å². The topological polar surface area (TPSA) is 329 Å². The summed E-state index contributed by atoms with van der Waals surface area (Å²) >= 11 is 74.8. The van der Waals surface area contributed by atoms with Gasteiger partial charge >= 0.3 is 35.8 Å². The van der Waals surface area contributed by atoms with E-state index in [0.717, 1.165) is 60.2 Å². The molecule has 1 amide bonds. The van der Waals surface area contributed by atoms with Crippen LogP contribution in [0.3, 0.4) is 0 Å². The summed E-state index contributed by atoms with van der Waals surface area (Å²) < 4.78 is 93.9. The molecule has 8 aromatic rings. The number of carboxylic acid groups (broad SMARTS) is 1. The van der Waals surface area contributed by atoms with Crippen molar-refractivity contribution in [1.82, 2.24) is 4.90 Å². The molecule has 0 aliphatic carbocycles. The lowest BCUT2D eigenvalue weighted by Crippen LogP contribution is -2.26. The van der Waals surface area contributed by atoms with Crippen LogP contribution in [0.2, 0.25) is 0 Å². The SMILES string of the molecule is COC(=O)c1cc(Br)c(C)cc1OC.COC(=O)c1cc(Br)c(CBr)cc1OC.COC(=O)c1cc(Br)c(CO)cc1OC.COC(=O)c1ccc(C)cc1OC.COCOCc1cc(OC)c(C(=O)N2Cc3ccccc3C2)cc1Br.COCOCc1cc(OC)c(C(=O)O)cc1Br.COCOCc1cc(OC)c(C(=O)OC)cc1Br.S=S.S=S=S.S=S=S=S.S=S=S=S=S.S=S=S=S=S=S.S=S=S=S=S=S=S. The summed E-state index contributed by atoms with van der Waals surface area (Å²) in [5, 5.41) is 18.7. The van der Waals surface area contributed by atoms with Gasteiger partial charge in [-0.15, -0.1) is 0 Å². The number of fused-ring (bicyclic) bond motifs is 1. The highest BCUT2D eigenvalue weighted by atomic mass is 79.9. The summed E-state index contributed by atoms with van der Waals surface area (Å²) in [4.78, 5) is 82.6. The highest BCUT2D eigenvalue weighted by Crippen LogP contribution is 2.36. The quantitative estimate of drug-likeness (QED) is 0.0151. The van der Waals surface area contributed by atoms with Gasteiger partial charge in [-0.1, -0.05) is 142 Å². The zero-order valence-electron chi connectivity index (χ0n) is 78.3. The van der Waals surface area contributed by atoms with Crippen LogP contribution in [-0.4, -0.2) is 184 Å². The minimum absolute atomic E-state index is 0.0434. The van der Waals surface area contributed by atoms with E-state index in [4.69, 9.17) is 71.8 Å². The summed E-state index contributed by atoms with van der Waals surface area (Å²) in [6, 6.07) is 33.7. The maximum Gasteiger partial charge on any atom is 0.341 e. The number of aryl methyl sites for hydroxylation is 2. The number of rotatable bonds is 28. The van der Waals surface area contributed by atoms with Crippen molar-refractivity contribution >= 4 is 421 Å². The third kappa shape index (κ3) is 60.5. The smallest absolute Gasteiger partial charge is 0.341 e. The summed E-state index contributed by atoms with van der Waals surface area (Å²) in [5.41, 5.74) is 11.3. The van der Waals surface area contributed by atoms with Gasteiger partial charge in [0, 0.05) is 334 Å². The molecule has 0 aromatic heterocycles.